The van der Waals surface area contributed by atoms with E-state index in [0.717, 1.165) is 37.1 Å². The van der Waals surface area contributed by atoms with Gasteiger partial charge in [-0.1, -0.05) is 75.7 Å². The zero-order chi connectivity index (χ0) is 27.9. The molecule has 40 heavy (non-hydrogen) atoms. The van der Waals surface area contributed by atoms with Crippen molar-refractivity contribution >= 4 is 10.8 Å². The first-order valence-corrected chi connectivity index (χ1v) is 15.1. The third kappa shape index (κ3) is 4.16. The van der Waals surface area contributed by atoms with E-state index < -0.39 is 0 Å². The van der Waals surface area contributed by atoms with Crippen molar-refractivity contribution in [2.45, 2.75) is 84.6 Å². The van der Waals surface area contributed by atoms with Crippen molar-refractivity contribution in [3.63, 3.8) is 0 Å². The van der Waals surface area contributed by atoms with Crippen LogP contribution in [0.2, 0.25) is 0 Å². The van der Waals surface area contributed by atoms with Crippen molar-refractivity contribution in [1.29, 1.82) is 0 Å². The first-order valence-electron chi connectivity index (χ1n) is 15.1. The zero-order valence-electron chi connectivity index (χ0n) is 24.6. The van der Waals surface area contributed by atoms with Crippen molar-refractivity contribution in [2.24, 2.45) is 0 Å². The quantitative estimate of drug-likeness (QED) is 0.188. The lowest BCUT2D eigenvalue weighted by molar-refractivity contribution is -0.724. The lowest BCUT2D eigenvalue weighted by Crippen LogP contribution is -2.55. The molecule has 4 nitrogen and oxygen atoms in total. The van der Waals surface area contributed by atoms with Crippen LogP contribution in [0.25, 0.3) is 39.0 Å². The Morgan fingerprint density at radius 1 is 0.900 bits per heavy atom. The summed E-state index contributed by atoms with van der Waals surface area (Å²) in [5, 5.41) is 11.9. The van der Waals surface area contributed by atoms with Gasteiger partial charge in [-0.3, -0.25) is 0 Å². The van der Waals surface area contributed by atoms with Gasteiger partial charge < -0.3 is 0 Å². The van der Waals surface area contributed by atoms with E-state index in [1.54, 1.807) is 0 Å². The number of rotatable bonds is 8. The Balaban J connectivity index is 1.51. The molecule has 1 unspecified atom stereocenters. The van der Waals surface area contributed by atoms with E-state index in [-0.39, 0.29) is 5.41 Å². The molecule has 1 atom stereocenters. The van der Waals surface area contributed by atoms with Crippen LogP contribution in [0.3, 0.4) is 0 Å². The van der Waals surface area contributed by atoms with Gasteiger partial charge >= 0.3 is 0 Å². The van der Waals surface area contributed by atoms with Crippen LogP contribution >= 0.6 is 0 Å². The van der Waals surface area contributed by atoms with Crippen molar-refractivity contribution in [3.8, 4) is 28.2 Å². The molecular formula is C36H41N4+. The van der Waals surface area contributed by atoms with E-state index in [4.69, 9.17) is 0 Å². The first kappa shape index (κ1) is 26.4. The fourth-order valence-electron chi connectivity index (χ4n) is 7.21. The van der Waals surface area contributed by atoms with Crippen LogP contribution in [0.1, 0.15) is 82.5 Å². The molecule has 2 aromatic heterocycles. The second-order valence-electron chi connectivity index (χ2n) is 11.5. The molecule has 0 N–H and O–H groups in total. The molecule has 6 rings (SSSR count). The minimum absolute atomic E-state index is 0.0896. The normalized spacial score (nSPS) is 15.7. The van der Waals surface area contributed by atoms with Gasteiger partial charge in [0.25, 0.3) is 0 Å². The molecule has 0 saturated heterocycles. The Morgan fingerprint density at radius 2 is 1.73 bits per heavy atom. The summed E-state index contributed by atoms with van der Waals surface area (Å²) in [6.45, 7) is 11.5. The van der Waals surface area contributed by atoms with Crippen molar-refractivity contribution in [1.82, 2.24) is 15.0 Å². The molecule has 3 aromatic carbocycles. The average molecular weight is 530 g/mol. The highest BCUT2D eigenvalue weighted by Gasteiger charge is 2.49. The van der Waals surface area contributed by atoms with Crippen molar-refractivity contribution < 1.29 is 4.57 Å². The summed E-state index contributed by atoms with van der Waals surface area (Å²) in [7, 11) is 0. The average Bonchev–Trinajstić information content (AvgIpc) is 3.49. The Hall–Kier alpha value is -3.79. The Morgan fingerprint density at radius 3 is 2.50 bits per heavy atom. The lowest BCUT2D eigenvalue weighted by atomic mass is 9.65. The van der Waals surface area contributed by atoms with E-state index in [1.165, 1.54) is 57.1 Å². The number of benzene rings is 3. The molecule has 0 amide bonds. The number of unbranched alkanes of at least 4 members (excludes halogenated alkanes) is 1. The zero-order valence-corrected chi connectivity index (χ0v) is 24.6. The largest absolute Gasteiger partial charge is 0.221 e. The number of aryl methyl sites for hydroxylation is 2. The predicted octanol–water partition coefficient (Wildman–Crippen LogP) is 8.72. The smallest absolute Gasteiger partial charge is 0.220 e. The summed E-state index contributed by atoms with van der Waals surface area (Å²) in [4.78, 5) is 0. The van der Waals surface area contributed by atoms with E-state index in [1.807, 2.05) is 4.68 Å². The van der Waals surface area contributed by atoms with Gasteiger partial charge in [0.1, 0.15) is 5.69 Å². The molecule has 0 radical (unpaired) electrons. The number of hydrogen-bond donors (Lipinski definition) is 0. The molecule has 0 bridgehead atoms. The summed E-state index contributed by atoms with van der Waals surface area (Å²) in [5.74, 6) is 0. The first-order chi connectivity index (χ1) is 19.5. The topological polar surface area (TPSA) is 34.6 Å². The molecular weight excluding hydrogens is 488 g/mol. The third-order valence-corrected chi connectivity index (χ3v) is 9.46. The highest BCUT2D eigenvalue weighted by atomic mass is 15.4. The fraction of sp³-hybridized carbons (Fsp3) is 0.361. The molecule has 0 saturated carbocycles. The number of aromatic nitrogens is 4. The third-order valence-electron chi connectivity index (χ3n) is 9.46. The molecule has 204 valence electrons. The minimum Gasteiger partial charge on any atom is -0.220 e. The van der Waals surface area contributed by atoms with E-state index in [0.29, 0.717) is 6.04 Å². The minimum atomic E-state index is 0.0896. The van der Waals surface area contributed by atoms with Gasteiger partial charge in [0.15, 0.2) is 12.2 Å². The van der Waals surface area contributed by atoms with Crippen LogP contribution < -0.4 is 4.57 Å². The molecule has 4 heteroatoms. The van der Waals surface area contributed by atoms with Crippen LogP contribution in [0.15, 0.2) is 79.1 Å². The van der Waals surface area contributed by atoms with Gasteiger partial charge in [-0.2, -0.15) is 4.57 Å². The van der Waals surface area contributed by atoms with Crippen molar-refractivity contribution in [3.05, 3.63) is 95.8 Å². The van der Waals surface area contributed by atoms with Crippen LogP contribution in [0.4, 0.5) is 0 Å². The molecule has 3 heterocycles. The summed E-state index contributed by atoms with van der Waals surface area (Å²) in [5.41, 5.74) is 9.94. The highest BCUT2D eigenvalue weighted by Crippen LogP contribution is 2.50. The van der Waals surface area contributed by atoms with E-state index in [2.05, 4.69) is 129 Å². The monoisotopic (exact) mass is 529 g/mol. The molecule has 0 aliphatic carbocycles. The second-order valence-corrected chi connectivity index (χ2v) is 11.5. The summed E-state index contributed by atoms with van der Waals surface area (Å²) in [6.07, 6.45) is 11.2. The van der Waals surface area contributed by atoms with Gasteiger partial charge in [-0.05, 0) is 78.9 Å². The molecule has 0 fully saturated rings. The summed E-state index contributed by atoms with van der Waals surface area (Å²) in [6, 6.07) is 25.2. The Kier molecular flexibility index (Phi) is 7.04. The van der Waals surface area contributed by atoms with Crippen LogP contribution in [0, 0.1) is 6.92 Å². The van der Waals surface area contributed by atoms with Gasteiger partial charge in [0.2, 0.25) is 5.69 Å². The van der Waals surface area contributed by atoms with Gasteiger partial charge in [-0.15, -0.1) is 5.10 Å². The number of nitrogens with zero attached hydrogens (tertiary/aromatic N) is 4. The fourth-order valence-corrected chi connectivity index (χ4v) is 7.21. The maximum absolute atomic E-state index is 4.65. The summed E-state index contributed by atoms with van der Waals surface area (Å²) < 4.78 is 4.52. The molecule has 0 spiro atoms. The Bertz CT molecular complexity index is 1670. The van der Waals surface area contributed by atoms with Crippen LogP contribution in [-0.4, -0.2) is 15.0 Å². The molecule has 1 aliphatic heterocycles. The van der Waals surface area contributed by atoms with Gasteiger partial charge in [0, 0.05) is 18.1 Å². The highest BCUT2D eigenvalue weighted by molar-refractivity contribution is 5.94. The Labute approximate surface area is 238 Å². The van der Waals surface area contributed by atoms with E-state index in [9.17, 15) is 0 Å². The van der Waals surface area contributed by atoms with E-state index >= 15 is 0 Å². The van der Waals surface area contributed by atoms with Crippen LogP contribution in [-0.2, 0) is 11.8 Å². The summed E-state index contributed by atoms with van der Waals surface area (Å²) >= 11 is 0. The maximum atomic E-state index is 4.65. The van der Waals surface area contributed by atoms with Crippen LogP contribution in [0.5, 0.6) is 0 Å². The number of hydrogen-bond acceptors (Lipinski definition) is 2. The molecule has 1 aliphatic rings. The number of fused-ring (bicyclic) bond motifs is 5. The SMILES string of the molecule is CCCCc1ccc(C)c(-c2cn(-c3ccc4c(c3)-c3c5ccccc5cc[n+]3C(CC)C4(CC)CC)nn2)c1. The van der Waals surface area contributed by atoms with Gasteiger partial charge in [-0.25, -0.2) is 4.68 Å². The predicted molar refractivity (Wildman–Crippen MR) is 165 cm³/mol. The lowest BCUT2D eigenvalue weighted by Gasteiger charge is -2.41. The van der Waals surface area contributed by atoms with Gasteiger partial charge in [0.05, 0.1) is 28.2 Å². The van der Waals surface area contributed by atoms with Crippen molar-refractivity contribution in [2.75, 3.05) is 0 Å². The standard InChI is InChI=1S/C36H41N4/c1-6-10-13-26-17-16-25(5)30(22-26)33-24-40(38-37-33)28-18-19-32-31(23-28)35-29-15-12-11-14-27(29)20-21-39(35)34(7-2)36(32,8-3)9-4/h11-12,14-24,34H,6-10,13H2,1-5H3/q+1. The number of pyridine rings is 1. The molecule has 5 aromatic rings. The maximum Gasteiger partial charge on any atom is 0.221 e. The second kappa shape index (κ2) is 10.6.